The van der Waals surface area contributed by atoms with Gasteiger partial charge in [0.15, 0.2) is 0 Å². The molecule has 0 aromatic carbocycles. The van der Waals surface area contributed by atoms with E-state index < -0.39 is 0 Å². The van der Waals surface area contributed by atoms with E-state index in [1.54, 1.807) is 0 Å². The quantitative estimate of drug-likeness (QED) is 0.282. The molecule has 0 unspecified atom stereocenters. The molecule has 10 heteroatoms. The highest BCUT2D eigenvalue weighted by molar-refractivity contribution is 9.93. The van der Waals surface area contributed by atoms with Crippen molar-refractivity contribution >= 4 is 66.4 Å². The molecule has 2 saturated carbocycles. The molecule has 0 radical (unpaired) electrons. The minimum absolute atomic E-state index is 0.0541. The van der Waals surface area contributed by atoms with Gasteiger partial charge < -0.3 is 5.11 Å². The van der Waals surface area contributed by atoms with Crippen molar-refractivity contribution in [3.05, 3.63) is 34.9 Å². The van der Waals surface area contributed by atoms with E-state index in [4.69, 9.17) is 5.11 Å². The molecule has 0 spiro atoms. The Hall–Kier alpha value is 0.730. The zero-order chi connectivity index (χ0) is 20.7. The first kappa shape index (κ1) is 25.0. The third-order valence-electron chi connectivity index (χ3n) is 4.74. The van der Waals surface area contributed by atoms with Crippen LogP contribution in [-0.4, -0.2) is 24.7 Å². The topological polar surface area (TPSA) is 55.9 Å². The molecule has 0 atom stereocenters. The minimum atomic E-state index is -0.183. The smallest absolute Gasteiger partial charge is 0.103 e. The normalized spacial score (nSPS) is 15.7. The Labute approximate surface area is 201 Å². The van der Waals surface area contributed by atoms with Gasteiger partial charge in [0.1, 0.15) is 4.03 Å². The van der Waals surface area contributed by atoms with Crippen LogP contribution in [0.3, 0.4) is 0 Å². The molecule has 0 aliphatic heterocycles. The summed E-state index contributed by atoms with van der Waals surface area (Å²) in [6.07, 6.45) is 7.89. The summed E-state index contributed by atoms with van der Waals surface area (Å²) >= 11 is 12.9. The Balaban J connectivity index is 0.000000169. The number of hydrogen-bond donors (Lipinski definition) is 1. The third-order valence-corrected chi connectivity index (χ3v) is 5.32. The van der Waals surface area contributed by atoms with Crippen molar-refractivity contribution in [2.75, 3.05) is 0 Å². The van der Waals surface area contributed by atoms with Crippen molar-refractivity contribution in [1.82, 2.24) is 19.6 Å². The van der Waals surface area contributed by atoms with Crippen molar-refractivity contribution in [2.24, 2.45) is 25.9 Å². The molecule has 2 aromatic heterocycles. The molecule has 2 aliphatic rings. The van der Waals surface area contributed by atoms with Crippen LogP contribution in [0.2, 0.25) is 0 Å². The van der Waals surface area contributed by atoms with E-state index in [0.29, 0.717) is 0 Å². The van der Waals surface area contributed by atoms with Crippen molar-refractivity contribution in [3.8, 4) is 0 Å². The Bertz CT molecular complexity index is 668. The van der Waals surface area contributed by atoms with E-state index in [9.17, 15) is 0 Å². The zero-order valence-electron chi connectivity index (χ0n) is 16.2. The Morgan fingerprint density at radius 2 is 1.32 bits per heavy atom. The number of aliphatic hydroxyl groups is 1. The van der Waals surface area contributed by atoms with Crippen molar-refractivity contribution in [1.29, 1.82) is 0 Å². The van der Waals surface area contributed by atoms with Crippen LogP contribution in [0.1, 0.15) is 48.5 Å². The first-order chi connectivity index (χ1) is 13.3. The highest BCUT2D eigenvalue weighted by atomic mass is 80.0. The highest BCUT2D eigenvalue weighted by Crippen LogP contribution is 2.59. The van der Waals surface area contributed by atoms with Gasteiger partial charge in [-0.3, -0.25) is 9.36 Å². The summed E-state index contributed by atoms with van der Waals surface area (Å²) < 4.78 is 3.70. The molecular formula is C18H27Br4N4OP. The molecule has 5 nitrogen and oxygen atoms in total. The van der Waals surface area contributed by atoms with Crippen molar-refractivity contribution < 1.29 is 5.11 Å². The van der Waals surface area contributed by atoms with Gasteiger partial charge in [0, 0.05) is 30.8 Å². The number of rotatable bonds is 6. The average Bonchev–Trinajstić information content (AvgIpc) is 3.54. The Kier molecular flexibility index (Phi) is 11.2. The van der Waals surface area contributed by atoms with Crippen LogP contribution in [0, 0.1) is 11.8 Å². The first-order valence-electron chi connectivity index (χ1n) is 9.30. The predicted molar refractivity (Wildman–Crippen MR) is 132 cm³/mol. The maximum Gasteiger partial charge on any atom is 0.103 e. The lowest BCUT2D eigenvalue weighted by Gasteiger charge is -1.97. The number of halogens is 4. The second-order valence-electron chi connectivity index (χ2n) is 7.28. The molecule has 158 valence electrons. The van der Waals surface area contributed by atoms with Crippen molar-refractivity contribution in [2.45, 2.75) is 50.5 Å². The van der Waals surface area contributed by atoms with Crippen LogP contribution in [0.15, 0.2) is 12.1 Å². The maximum absolute atomic E-state index is 8.85. The minimum Gasteiger partial charge on any atom is -0.390 e. The van der Waals surface area contributed by atoms with Gasteiger partial charge in [0.05, 0.1) is 18.0 Å². The van der Waals surface area contributed by atoms with E-state index in [-0.39, 0.29) is 10.6 Å². The van der Waals surface area contributed by atoms with Crippen LogP contribution >= 0.6 is 66.4 Å². The largest absolute Gasteiger partial charge is 0.390 e. The molecule has 2 aromatic rings. The summed E-state index contributed by atoms with van der Waals surface area (Å²) in [5.41, 5.74) is 4.56. The van der Waals surface area contributed by atoms with Gasteiger partial charge >= 0.3 is 0 Å². The van der Waals surface area contributed by atoms with Gasteiger partial charge in [-0.1, -0.05) is 15.9 Å². The molecule has 2 fully saturated rings. The van der Waals surface area contributed by atoms with E-state index in [2.05, 4.69) is 78.7 Å². The fourth-order valence-corrected chi connectivity index (χ4v) is 3.18. The summed E-state index contributed by atoms with van der Waals surface area (Å²) in [5, 5.41) is 18.3. The van der Waals surface area contributed by atoms with Crippen LogP contribution < -0.4 is 0 Å². The molecule has 0 saturated heterocycles. The summed E-state index contributed by atoms with van der Waals surface area (Å²) in [6, 6.07) is 4.20. The van der Waals surface area contributed by atoms with E-state index >= 15 is 0 Å². The summed E-state index contributed by atoms with van der Waals surface area (Å²) in [6.45, 7) is 0.0541. The lowest BCUT2D eigenvalue weighted by Crippen LogP contribution is -1.99. The lowest BCUT2D eigenvalue weighted by atomic mass is 10.2. The van der Waals surface area contributed by atoms with E-state index in [1.807, 2.05) is 29.5 Å². The molecular weight excluding hydrogens is 639 g/mol. The Morgan fingerprint density at radius 3 is 1.61 bits per heavy atom. The monoisotopic (exact) mass is 662 g/mol. The zero-order valence-corrected chi connectivity index (χ0v) is 23.4. The fraction of sp³-hybridized carbons (Fsp3) is 0.667. The van der Waals surface area contributed by atoms with Gasteiger partial charge in [0.25, 0.3) is 0 Å². The maximum atomic E-state index is 8.85. The summed E-state index contributed by atoms with van der Waals surface area (Å²) in [5.74, 6) is 1.83. The van der Waals surface area contributed by atoms with E-state index in [1.165, 1.54) is 43.5 Å². The number of hydrogen-bond acceptors (Lipinski definition) is 3. The molecule has 4 rings (SSSR count). The van der Waals surface area contributed by atoms with Crippen LogP contribution in [0.25, 0.3) is 0 Å². The second kappa shape index (κ2) is 12.6. The van der Waals surface area contributed by atoms with Gasteiger partial charge in [0.2, 0.25) is 0 Å². The third kappa shape index (κ3) is 9.69. The fourth-order valence-electron chi connectivity index (χ4n) is 2.90. The lowest BCUT2D eigenvalue weighted by molar-refractivity contribution is 0.275. The van der Waals surface area contributed by atoms with Gasteiger partial charge in [-0.05, 0) is 109 Å². The van der Waals surface area contributed by atoms with Crippen LogP contribution in [0.5, 0.6) is 0 Å². The molecule has 2 aliphatic carbocycles. The van der Waals surface area contributed by atoms with E-state index in [0.717, 1.165) is 35.0 Å². The highest BCUT2D eigenvalue weighted by Gasteiger charge is 2.23. The van der Waals surface area contributed by atoms with Gasteiger partial charge in [-0.15, -0.1) is 0 Å². The molecule has 28 heavy (non-hydrogen) atoms. The molecule has 1 N–H and O–H groups in total. The van der Waals surface area contributed by atoms with Crippen LogP contribution in [0.4, 0.5) is 0 Å². The van der Waals surface area contributed by atoms with Crippen LogP contribution in [-0.2, 0) is 38.9 Å². The number of alkyl halides is 1. The van der Waals surface area contributed by atoms with Crippen molar-refractivity contribution in [3.63, 3.8) is 0 Å². The summed E-state index contributed by atoms with van der Waals surface area (Å²) in [4.78, 5) is 0. The Morgan fingerprint density at radius 1 is 0.929 bits per heavy atom. The number of aryl methyl sites for hydroxylation is 2. The van der Waals surface area contributed by atoms with Gasteiger partial charge in [-0.25, -0.2) is 0 Å². The standard InChI is InChI=1S/C9H13BrN2.C9H14N2O.Br3P/c1-12-9(4-7-2-3-7)5-8(6-10)11-12;1-11-9(4-7-2-3-7)5-8(6-12)10-11;1-4(2)3/h5,7H,2-4,6H2,1H3;5,7,12H,2-4,6H2,1H3;. The van der Waals surface area contributed by atoms with Gasteiger partial charge in [-0.2, -0.15) is 10.2 Å². The number of aliphatic hydroxyl groups excluding tert-OH is 1. The molecule has 2 heterocycles. The number of nitrogens with zero attached hydrogens (tertiary/aromatic N) is 4. The predicted octanol–water partition coefficient (Wildman–Crippen LogP) is 6.53. The molecule has 0 bridgehead atoms. The average molecular weight is 666 g/mol. The SMILES string of the molecule is BrP(Br)Br.Cn1nc(CBr)cc1CC1CC1.Cn1nc(CO)cc1CC1CC1. The first-order valence-corrected chi connectivity index (χ1v) is 17.8. The number of aromatic nitrogens is 4. The summed E-state index contributed by atoms with van der Waals surface area (Å²) in [7, 11) is 3.97. The molecule has 0 amide bonds. The second-order valence-corrected chi connectivity index (χ2v) is 23.2.